The van der Waals surface area contributed by atoms with Crippen LogP contribution in [0.2, 0.25) is 0 Å². The molecule has 1 aliphatic heterocycles. The number of hydrogen-bond donors (Lipinski definition) is 1. The number of ether oxygens (including phenoxy) is 1. The van der Waals surface area contributed by atoms with Gasteiger partial charge in [-0.05, 0) is 7.05 Å². The minimum atomic E-state index is 0.257. The number of nitrogens with zero attached hydrogens (tertiary/aromatic N) is 1. The van der Waals surface area contributed by atoms with Crippen molar-refractivity contribution in [3.8, 4) is 0 Å². The molecule has 1 aliphatic rings. The third-order valence-corrected chi connectivity index (χ3v) is 3.45. The number of hydrogen-bond acceptors (Lipinski definition) is 4. The predicted octanol–water partition coefficient (Wildman–Crippen LogP) is 0.431. The van der Waals surface area contributed by atoms with Gasteiger partial charge in [-0.2, -0.15) is 11.8 Å². The molecular formula is C9H19NO2S. The molecule has 1 fully saturated rings. The normalized spacial score (nSPS) is 27.5. The molecule has 0 aromatic heterocycles. The molecule has 0 spiro atoms. The highest BCUT2D eigenvalue weighted by Crippen LogP contribution is 2.14. The molecule has 2 atom stereocenters. The number of morpholine rings is 1. The van der Waals surface area contributed by atoms with E-state index in [1.54, 1.807) is 11.8 Å². The standard InChI is InChI=1S/C9H19NO2S/c1-8(6-11)13-7-9-5-10(2)3-4-12-9/h8-9,11H,3-7H2,1-2H3. The summed E-state index contributed by atoms with van der Waals surface area (Å²) in [5.74, 6) is 0.992. The van der Waals surface area contributed by atoms with Crippen LogP contribution in [0.25, 0.3) is 0 Å². The van der Waals surface area contributed by atoms with Crippen molar-refractivity contribution < 1.29 is 9.84 Å². The Kier molecular flexibility index (Phi) is 5.09. The van der Waals surface area contributed by atoms with Crippen molar-refractivity contribution in [2.24, 2.45) is 0 Å². The maximum atomic E-state index is 8.84. The quantitative estimate of drug-likeness (QED) is 0.721. The van der Waals surface area contributed by atoms with Gasteiger partial charge in [0.05, 0.1) is 19.3 Å². The molecule has 2 unspecified atom stereocenters. The number of aliphatic hydroxyl groups is 1. The summed E-state index contributed by atoms with van der Waals surface area (Å²) in [5, 5.41) is 9.17. The second kappa shape index (κ2) is 5.86. The van der Waals surface area contributed by atoms with E-state index in [4.69, 9.17) is 9.84 Å². The molecule has 3 nitrogen and oxygen atoms in total. The van der Waals surface area contributed by atoms with E-state index < -0.39 is 0 Å². The van der Waals surface area contributed by atoms with Crippen LogP contribution < -0.4 is 0 Å². The first-order valence-corrected chi connectivity index (χ1v) is 5.80. The van der Waals surface area contributed by atoms with Gasteiger partial charge in [-0.1, -0.05) is 6.92 Å². The summed E-state index contributed by atoms with van der Waals surface area (Å²) < 4.78 is 5.60. The molecule has 1 rings (SSSR count). The van der Waals surface area contributed by atoms with Crippen LogP contribution in [0.1, 0.15) is 6.92 Å². The van der Waals surface area contributed by atoms with Gasteiger partial charge in [0.2, 0.25) is 0 Å². The van der Waals surface area contributed by atoms with Crippen molar-refractivity contribution in [1.82, 2.24) is 4.90 Å². The van der Waals surface area contributed by atoms with Crippen LogP contribution in [0.4, 0.5) is 0 Å². The second-order valence-corrected chi connectivity index (χ2v) is 5.05. The summed E-state index contributed by atoms with van der Waals surface area (Å²) >= 11 is 1.78. The molecule has 1 heterocycles. The second-order valence-electron chi connectivity index (χ2n) is 3.58. The largest absolute Gasteiger partial charge is 0.395 e. The van der Waals surface area contributed by atoms with E-state index in [-0.39, 0.29) is 6.61 Å². The van der Waals surface area contributed by atoms with Gasteiger partial charge in [-0.15, -0.1) is 0 Å². The first-order valence-electron chi connectivity index (χ1n) is 4.75. The highest BCUT2D eigenvalue weighted by molar-refractivity contribution is 7.99. The minimum absolute atomic E-state index is 0.257. The topological polar surface area (TPSA) is 32.7 Å². The Hall–Kier alpha value is 0.230. The first-order chi connectivity index (χ1) is 6.22. The highest BCUT2D eigenvalue weighted by Gasteiger charge is 2.18. The molecular weight excluding hydrogens is 186 g/mol. The third-order valence-electron chi connectivity index (χ3n) is 2.17. The monoisotopic (exact) mass is 205 g/mol. The van der Waals surface area contributed by atoms with E-state index in [2.05, 4.69) is 11.9 Å². The predicted molar refractivity (Wildman–Crippen MR) is 56.2 cm³/mol. The lowest BCUT2D eigenvalue weighted by molar-refractivity contribution is -0.00604. The van der Waals surface area contributed by atoms with Crippen molar-refractivity contribution >= 4 is 11.8 Å². The van der Waals surface area contributed by atoms with E-state index in [1.165, 1.54) is 0 Å². The van der Waals surface area contributed by atoms with Crippen LogP contribution in [0, 0.1) is 0 Å². The van der Waals surface area contributed by atoms with Gasteiger partial charge in [0.1, 0.15) is 0 Å². The molecule has 0 aromatic rings. The van der Waals surface area contributed by atoms with Crippen molar-refractivity contribution in [3.63, 3.8) is 0 Å². The zero-order valence-corrected chi connectivity index (χ0v) is 9.22. The van der Waals surface area contributed by atoms with Gasteiger partial charge in [0.15, 0.2) is 0 Å². The average molecular weight is 205 g/mol. The number of thioether (sulfide) groups is 1. The Morgan fingerprint density at radius 2 is 2.46 bits per heavy atom. The van der Waals surface area contributed by atoms with E-state index in [0.717, 1.165) is 25.4 Å². The fourth-order valence-electron chi connectivity index (χ4n) is 1.29. The van der Waals surface area contributed by atoms with Gasteiger partial charge >= 0.3 is 0 Å². The van der Waals surface area contributed by atoms with Crippen LogP contribution in [-0.4, -0.2) is 60.5 Å². The smallest absolute Gasteiger partial charge is 0.0792 e. The summed E-state index contributed by atoms with van der Waals surface area (Å²) in [6.07, 6.45) is 0.345. The average Bonchev–Trinajstić information content (AvgIpc) is 2.14. The van der Waals surface area contributed by atoms with Crippen molar-refractivity contribution in [3.05, 3.63) is 0 Å². The molecule has 4 heteroatoms. The molecule has 0 bridgehead atoms. The number of likely N-dealkylation sites (N-methyl/N-ethyl adjacent to an activating group) is 1. The lowest BCUT2D eigenvalue weighted by Gasteiger charge is -2.30. The summed E-state index contributed by atoms with van der Waals surface area (Å²) in [7, 11) is 2.12. The molecule has 0 aromatic carbocycles. The van der Waals surface area contributed by atoms with E-state index in [1.807, 2.05) is 6.92 Å². The Morgan fingerprint density at radius 3 is 3.08 bits per heavy atom. The third kappa shape index (κ3) is 4.31. The van der Waals surface area contributed by atoms with Crippen LogP contribution in [0.15, 0.2) is 0 Å². The molecule has 0 radical (unpaired) electrons. The maximum Gasteiger partial charge on any atom is 0.0792 e. The molecule has 13 heavy (non-hydrogen) atoms. The lowest BCUT2D eigenvalue weighted by Crippen LogP contribution is -2.41. The van der Waals surface area contributed by atoms with Crippen LogP contribution in [0.3, 0.4) is 0 Å². The molecule has 78 valence electrons. The van der Waals surface area contributed by atoms with Gasteiger partial charge in [0.25, 0.3) is 0 Å². The van der Waals surface area contributed by atoms with Crippen LogP contribution in [0.5, 0.6) is 0 Å². The molecule has 0 saturated carbocycles. The van der Waals surface area contributed by atoms with Crippen molar-refractivity contribution in [2.75, 3.05) is 39.1 Å². The van der Waals surface area contributed by atoms with Gasteiger partial charge in [0, 0.05) is 24.1 Å². The fourth-order valence-corrected chi connectivity index (χ4v) is 2.14. The Balaban J connectivity index is 2.13. The first kappa shape index (κ1) is 11.3. The van der Waals surface area contributed by atoms with Crippen molar-refractivity contribution in [2.45, 2.75) is 18.3 Å². The molecule has 1 N–H and O–H groups in total. The summed E-state index contributed by atoms with van der Waals surface area (Å²) in [6.45, 7) is 5.20. The Morgan fingerprint density at radius 1 is 1.69 bits per heavy atom. The lowest BCUT2D eigenvalue weighted by atomic mass is 10.3. The Bertz CT molecular complexity index is 146. The van der Waals surface area contributed by atoms with E-state index in [0.29, 0.717) is 11.4 Å². The summed E-state index contributed by atoms with van der Waals surface area (Å²) in [6, 6.07) is 0. The highest BCUT2D eigenvalue weighted by atomic mass is 32.2. The zero-order chi connectivity index (χ0) is 9.68. The van der Waals surface area contributed by atoms with Crippen LogP contribution in [-0.2, 0) is 4.74 Å². The van der Waals surface area contributed by atoms with Gasteiger partial charge in [-0.25, -0.2) is 0 Å². The summed E-state index contributed by atoms with van der Waals surface area (Å²) in [4.78, 5) is 2.29. The fraction of sp³-hybridized carbons (Fsp3) is 1.00. The number of aliphatic hydroxyl groups excluding tert-OH is 1. The van der Waals surface area contributed by atoms with Gasteiger partial charge in [-0.3, -0.25) is 0 Å². The van der Waals surface area contributed by atoms with Crippen molar-refractivity contribution in [1.29, 1.82) is 0 Å². The number of rotatable bonds is 4. The molecule has 1 saturated heterocycles. The minimum Gasteiger partial charge on any atom is -0.395 e. The Labute approximate surface area is 84.4 Å². The van der Waals surface area contributed by atoms with E-state index >= 15 is 0 Å². The molecule has 0 amide bonds. The van der Waals surface area contributed by atoms with Gasteiger partial charge < -0.3 is 14.7 Å². The van der Waals surface area contributed by atoms with Crippen LogP contribution >= 0.6 is 11.8 Å². The van der Waals surface area contributed by atoms with E-state index in [9.17, 15) is 0 Å². The molecule has 0 aliphatic carbocycles. The SMILES string of the molecule is CC(CO)SCC1CN(C)CCO1. The zero-order valence-electron chi connectivity index (χ0n) is 8.40. The maximum absolute atomic E-state index is 8.84. The summed E-state index contributed by atoms with van der Waals surface area (Å²) in [5.41, 5.74) is 0.